The second kappa shape index (κ2) is 6.02. The molecule has 0 aromatic heterocycles. The number of hydrogen-bond donors (Lipinski definition) is 1. The summed E-state index contributed by atoms with van der Waals surface area (Å²) < 4.78 is 0. The van der Waals surface area contributed by atoms with E-state index >= 15 is 0 Å². The lowest BCUT2D eigenvalue weighted by Gasteiger charge is -2.04. The molecular weight excluding hydrogens is 208 g/mol. The molecule has 0 saturated heterocycles. The largest absolute Gasteiger partial charge is 0.392 e. The van der Waals surface area contributed by atoms with Crippen molar-refractivity contribution < 1.29 is 5.11 Å². The van der Waals surface area contributed by atoms with Crippen LogP contribution in [0.25, 0.3) is 5.57 Å². The Hall–Kier alpha value is -1.86. The fraction of sp³-hybridized carbons (Fsp3) is 0.125. The standard InChI is InChI=1S/C16H16O/c17-13-16(15-9-5-2-6-10-15)12-11-14-7-3-1-4-8-14/h1-10,12,17H,11,13H2. The molecule has 0 atom stereocenters. The Morgan fingerprint density at radius 3 is 2.06 bits per heavy atom. The van der Waals surface area contributed by atoms with Crippen LogP contribution in [0.5, 0.6) is 0 Å². The zero-order chi connectivity index (χ0) is 11.9. The smallest absolute Gasteiger partial charge is 0.0684 e. The Bertz CT molecular complexity index is 471. The van der Waals surface area contributed by atoms with Gasteiger partial charge in [0, 0.05) is 0 Å². The molecule has 0 radical (unpaired) electrons. The van der Waals surface area contributed by atoms with E-state index in [0.717, 1.165) is 17.6 Å². The van der Waals surface area contributed by atoms with Crippen LogP contribution in [-0.4, -0.2) is 11.7 Å². The van der Waals surface area contributed by atoms with Crippen LogP contribution in [0.15, 0.2) is 66.7 Å². The molecule has 2 rings (SSSR count). The van der Waals surface area contributed by atoms with E-state index in [4.69, 9.17) is 0 Å². The van der Waals surface area contributed by atoms with Crippen LogP contribution >= 0.6 is 0 Å². The molecule has 0 amide bonds. The minimum absolute atomic E-state index is 0.0802. The van der Waals surface area contributed by atoms with Crippen molar-refractivity contribution in [2.75, 3.05) is 6.61 Å². The van der Waals surface area contributed by atoms with Crippen molar-refractivity contribution in [3.8, 4) is 0 Å². The van der Waals surface area contributed by atoms with Crippen molar-refractivity contribution in [1.82, 2.24) is 0 Å². The molecular formula is C16H16O. The third-order valence-corrected chi connectivity index (χ3v) is 2.74. The first-order valence-corrected chi connectivity index (χ1v) is 5.79. The molecule has 0 heterocycles. The maximum atomic E-state index is 9.39. The van der Waals surface area contributed by atoms with Gasteiger partial charge in [-0.25, -0.2) is 0 Å². The van der Waals surface area contributed by atoms with Gasteiger partial charge in [0.25, 0.3) is 0 Å². The number of benzene rings is 2. The highest BCUT2D eigenvalue weighted by atomic mass is 16.3. The Morgan fingerprint density at radius 2 is 1.47 bits per heavy atom. The highest BCUT2D eigenvalue weighted by molar-refractivity contribution is 5.66. The Morgan fingerprint density at radius 1 is 0.882 bits per heavy atom. The van der Waals surface area contributed by atoms with E-state index in [0.29, 0.717) is 0 Å². The first-order chi connectivity index (χ1) is 8.40. The van der Waals surface area contributed by atoms with E-state index in [1.807, 2.05) is 48.5 Å². The van der Waals surface area contributed by atoms with E-state index in [9.17, 15) is 5.11 Å². The normalized spacial score (nSPS) is 11.5. The summed E-state index contributed by atoms with van der Waals surface area (Å²) in [5.41, 5.74) is 3.33. The molecule has 0 aliphatic rings. The van der Waals surface area contributed by atoms with Gasteiger partial charge >= 0.3 is 0 Å². The average molecular weight is 224 g/mol. The quantitative estimate of drug-likeness (QED) is 0.844. The molecule has 0 fully saturated rings. The Labute approximate surface area is 102 Å². The van der Waals surface area contributed by atoms with Gasteiger partial charge in [-0.15, -0.1) is 0 Å². The molecule has 17 heavy (non-hydrogen) atoms. The highest BCUT2D eigenvalue weighted by Gasteiger charge is 1.98. The second-order valence-corrected chi connectivity index (χ2v) is 3.94. The van der Waals surface area contributed by atoms with Gasteiger partial charge in [0.15, 0.2) is 0 Å². The Balaban J connectivity index is 2.14. The summed E-state index contributed by atoms with van der Waals surface area (Å²) in [5.74, 6) is 0. The van der Waals surface area contributed by atoms with E-state index in [2.05, 4.69) is 18.2 Å². The van der Waals surface area contributed by atoms with Crippen LogP contribution in [0.4, 0.5) is 0 Å². The zero-order valence-corrected chi connectivity index (χ0v) is 9.71. The molecule has 2 aromatic rings. The van der Waals surface area contributed by atoms with E-state index < -0.39 is 0 Å². The molecule has 2 aromatic carbocycles. The van der Waals surface area contributed by atoms with Gasteiger partial charge in [0.2, 0.25) is 0 Å². The summed E-state index contributed by atoms with van der Waals surface area (Å²) in [6.45, 7) is 0.0802. The summed E-state index contributed by atoms with van der Waals surface area (Å²) in [5, 5.41) is 9.39. The molecule has 0 spiro atoms. The maximum absolute atomic E-state index is 9.39. The predicted octanol–water partition coefficient (Wildman–Crippen LogP) is 3.31. The predicted molar refractivity (Wildman–Crippen MR) is 71.7 cm³/mol. The van der Waals surface area contributed by atoms with Gasteiger partial charge < -0.3 is 5.11 Å². The summed E-state index contributed by atoms with van der Waals surface area (Å²) >= 11 is 0. The number of hydrogen-bond acceptors (Lipinski definition) is 1. The number of allylic oxidation sites excluding steroid dienone is 1. The molecule has 1 heteroatoms. The molecule has 1 N–H and O–H groups in total. The van der Waals surface area contributed by atoms with Crippen LogP contribution < -0.4 is 0 Å². The lowest BCUT2D eigenvalue weighted by molar-refractivity contribution is 0.350. The molecule has 0 aliphatic heterocycles. The fourth-order valence-electron chi connectivity index (χ4n) is 1.78. The van der Waals surface area contributed by atoms with Crippen LogP contribution in [0.1, 0.15) is 11.1 Å². The highest BCUT2D eigenvalue weighted by Crippen LogP contribution is 2.14. The number of rotatable bonds is 4. The molecule has 0 bridgehead atoms. The lowest BCUT2D eigenvalue weighted by atomic mass is 10.0. The molecule has 86 valence electrons. The van der Waals surface area contributed by atoms with Crippen LogP contribution in [0.2, 0.25) is 0 Å². The summed E-state index contributed by atoms with van der Waals surface area (Å²) in [7, 11) is 0. The zero-order valence-electron chi connectivity index (χ0n) is 9.71. The van der Waals surface area contributed by atoms with Crippen LogP contribution in [0.3, 0.4) is 0 Å². The number of aliphatic hydroxyl groups is 1. The average Bonchev–Trinajstić information content (AvgIpc) is 2.42. The number of aliphatic hydroxyl groups excluding tert-OH is 1. The van der Waals surface area contributed by atoms with Gasteiger partial charge in [-0.2, -0.15) is 0 Å². The monoisotopic (exact) mass is 224 g/mol. The molecule has 0 unspecified atom stereocenters. The van der Waals surface area contributed by atoms with Crippen molar-refractivity contribution in [1.29, 1.82) is 0 Å². The molecule has 0 saturated carbocycles. The minimum Gasteiger partial charge on any atom is -0.392 e. The third kappa shape index (κ3) is 3.30. The van der Waals surface area contributed by atoms with Crippen molar-refractivity contribution >= 4 is 5.57 Å². The second-order valence-electron chi connectivity index (χ2n) is 3.94. The molecule has 0 aliphatic carbocycles. The van der Waals surface area contributed by atoms with Crippen molar-refractivity contribution in [2.24, 2.45) is 0 Å². The van der Waals surface area contributed by atoms with Gasteiger partial charge in [-0.05, 0) is 23.1 Å². The summed E-state index contributed by atoms with van der Waals surface area (Å²) in [6, 6.07) is 20.3. The maximum Gasteiger partial charge on any atom is 0.0684 e. The van der Waals surface area contributed by atoms with Gasteiger partial charge in [-0.3, -0.25) is 0 Å². The van der Waals surface area contributed by atoms with Gasteiger partial charge in [0.1, 0.15) is 0 Å². The van der Waals surface area contributed by atoms with Gasteiger partial charge in [-0.1, -0.05) is 66.7 Å². The third-order valence-electron chi connectivity index (χ3n) is 2.74. The van der Waals surface area contributed by atoms with Gasteiger partial charge in [0.05, 0.1) is 6.61 Å². The Kier molecular flexibility index (Phi) is 4.11. The van der Waals surface area contributed by atoms with E-state index in [1.54, 1.807) is 0 Å². The van der Waals surface area contributed by atoms with Crippen molar-refractivity contribution in [3.63, 3.8) is 0 Å². The van der Waals surface area contributed by atoms with Crippen LogP contribution in [0, 0.1) is 0 Å². The van der Waals surface area contributed by atoms with E-state index in [1.165, 1.54) is 5.56 Å². The fourth-order valence-corrected chi connectivity index (χ4v) is 1.78. The van der Waals surface area contributed by atoms with Crippen LogP contribution in [-0.2, 0) is 6.42 Å². The summed E-state index contributed by atoms with van der Waals surface area (Å²) in [6.07, 6.45) is 2.94. The summed E-state index contributed by atoms with van der Waals surface area (Å²) in [4.78, 5) is 0. The first kappa shape index (κ1) is 11.6. The van der Waals surface area contributed by atoms with E-state index in [-0.39, 0.29) is 6.61 Å². The minimum atomic E-state index is 0.0802. The first-order valence-electron chi connectivity index (χ1n) is 5.79. The topological polar surface area (TPSA) is 20.2 Å². The SMILES string of the molecule is OCC(=CCc1ccccc1)c1ccccc1. The van der Waals surface area contributed by atoms with Crippen molar-refractivity contribution in [2.45, 2.75) is 6.42 Å². The lowest BCUT2D eigenvalue weighted by Crippen LogP contribution is -1.91. The molecule has 1 nitrogen and oxygen atoms in total. The van der Waals surface area contributed by atoms with Crippen molar-refractivity contribution in [3.05, 3.63) is 77.9 Å².